The lowest BCUT2D eigenvalue weighted by molar-refractivity contribution is 0.157. The van der Waals surface area contributed by atoms with E-state index in [0.717, 1.165) is 18.4 Å². The molecule has 0 heterocycles. The Hall–Kier alpha value is -1.06. The van der Waals surface area contributed by atoms with Gasteiger partial charge in [0.25, 0.3) is 0 Å². The number of phenolic OH excluding ortho intramolecular Hbond substituents is 1. The van der Waals surface area contributed by atoms with E-state index >= 15 is 0 Å². The topological polar surface area (TPSA) is 52.5 Å². The first-order valence-electron chi connectivity index (χ1n) is 5.84. The fourth-order valence-electron chi connectivity index (χ4n) is 1.71. The summed E-state index contributed by atoms with van der Waals surface area (Å²) >= 11 is 0. The number of benzene rings is 1. The second-order valence-electron chi connectivity index (χ2n) is 4.13. The zero-order valence-corrected chi connectivity index (χ0v) is 9.98. The lowest BCUT2D eigenvalue weighted by Gasteiger charge is -2.18. The fourth-order valence-corrected chi connectivity index (χ4v) is 1.71. The number of rotatable bonds is 6. The minimum absolute atomic E-state index is 0.0488. The molecule has 0 bridgehead atoms. The van der Waals surface area contributed by atoms with Crippen molar-refractivity contribution in [1.29, 1.82) is 0 Å². The Bertz CT molecular complexity index is 315. The predicted molar refractivity (Wildman–Crippen MR) is 65.4 cm³/mol. The van der Waals surface area contributed by atoms with Gasteiger partial charge in [0.2, 0.25) is 0 Å². The van der Waals surface area contributed by atoms with Crippen LogP contribution in [0.15, 0.2) is 24.3 Å². The van der Waals surface area contributed by atoms with E-state index in [4.69, 9.17) is 0 Å². The van der Waals surface area contributed by atoms with Crippen molar-refractivity contribution in [3.05, 3.63) is 29.8 Å². The number of aliphatic hydroxyl groups is 1. The monoisotopic (exact) mass is 223 g/mol. The Balaban J connectivity index is 2.46. The number of para-hydroxylation sites is 1. The number of nitrogens with one attached hydrogen (secondary N) is 1. The first-order chi connectivity index (χ1) is 7.65. The van der Waals surface area contributed by atoms with Crippen molar-refractivity contribution in [3.63, 3.8) is 0 Å². The Labute approximate surface area is 97.1 Å². The van der Waals surface area contributed by atoms with Gasteiger partial charge in [0.1, 0.15) is 5.75 Å². The first kappa shape index (κ1) is 13.0. The highest BCUT2D eigenvalue weighted by Gasteiger charge is 2.10. The standard InChI is InChI=1S/C13H21NO2/c1-3-6-11(15)9-14-10(2)12-7-4-5-8-13(12)16/h4-5,7-8,10-11,14-16H,3,6,9H2,1-2H3. The summed E-state index contributed by atoms with van der Waals surface area (Å²) in [5, 5.41) is 22.5. The van der Waals surface area contributed by atoms with Gasteiger partial charge in [0.15, 0.2) is 0 Å². The van der Waals surface area contributed by atoms with E-state index in [-0.39, 0.29) is 12.1 Å². The molecule has 0 aliphatic carbocycles. The van der Waals surface area contributed by atoms with Crippen molar-refractivity contribution < 1.29 is 10.2 Å². The quantitative estimate of drug-likeness (QED) is 0.693. The van der Waals surface area contributed by atoms with E-state index in [1.54, 1.807) is 12.1 Å². The largest absolute Gasteiger partial charge is 0.508 e. The number of phenols is 1. The lowest BCUT2D eigenvalue weighted by atomic mass is 10.1. The summed E-state index contributed by atoms with van der Waals surface area (Å²) < 4.78 is 0. The van der Waals surface area contributed by atoms with Crippen LogP contribution in [0.2, 0.25) is 0 Å². The normalized spacial score (nSPS) is 14.7. The molecule has 0 spiro atoms. The van der Waals surface area contributed by atoms with Gasteiger partial charge in [-0.1, -0.05) is 31.5 Å². The van der Waals surface area contributed by atoms with Crippen molar-refractivity contribution >= 4 is 0 Å². The van der Waals surface area contributed by atoms with Crippen molar-refractivity contribution in [1.82, 2.24) is 5.32 Å². The van der Waals surface area contributed by atoms with Crippen molar-refractivity contribution in [3.8, 4) is 5.75 Å². The van der Waals surface area contributed by atoms with E-state index < -0.39 is 0 Å². The van der Waals surface area contributed by atoms with Crippen molar-refractivity contribution in [2.45, 2.75) is 38.8 Å². The zero-order valence-electron chi connectivity index (χ0n) is 9.98. The van der Waals surface area contributed by atoms with Gasteiger partial charge >= 0.3 is 0 Å². The molecular weight excluding hydrogens is 202 g/mol. The summed E-state index contributed by atoms with van der Waals surface area (Å²) in [7, 11) is 0. The average Bonchev–Trinajstić information content (AvgIpc) is 2.27. The first-order valence-corrected chi connectivity index (χ1v) is 5.84. The molecule has 3 nitrogen and oxygen atoms in total. The molecule has 0 fully saturated rings. The minimum atomic E-state index is -0.307. The maximum atomic E-state index is 9.65. The van der Waals surface area contributed by atoms with Gasteiger partial charge in [-0.2, -0.15) is 0 Å². The van der Waals surface area contributed by atoms with Crippen LogP contribution in [-0.4, -0.2) is 22.9 Å². The molecule has 3 heteroatoms. The lowest BCUT2D eigenvalue weighted by Crippen LogP contribution is -2.28. The highest BCUT2D eigenvalue weighted by atomic mass is 16.3. The Morgan fingerprint density at radius 1 is 1.31 bits per heavy atom. The van der Waals surface area contributed by atoms with Crippen molar-refractivity contribution in [2.24, 2.45) is 0 Å². The molecule has 2 unspecified atom stereocenters. The average molecular weight is 223 g/mol. The molecule has 0 radical (unpaired) electrons. The Morgan fingerprint density at radius 2 is 2.00 bits per heavy atom. The van der Waals surface area contributed by atoms with Gasteiger partial charge in [0, 0.05) is 18.2 Å². The van der Waals surface area contributed by atoms with Crippen LogP contribution in [0.5, 0.6) is 5.75 Å². The molecule has 16 heavy (non-hydrogen) atoms. The third kappa shape index (κ3) is 3.83. The molecule has 3 N–H and O–H groups in total. The highest BCUT2D eigenvalue weighted by Crippen LogP contribution is 2.22. The third-order valence-electron chi connectivity index (χ3n) is 2.68. The van der Waals surface area contributed by atoms with Crippen LogP contribution < -0.4 is 5.32 Å². The number of hydrogen-bond acceptors (Lipinski definition) is 3. The number of aliphatic hydroxyl groups excluding tert-OH is 1. The molecule has 2 atom stereocenters. The summed E-state index contributed by atoms with van der Waals surface area (Å²) in [6.45, 7) is 4.59. The highest BCUT2D eigenvalue weighted by molar-refractivity contribution is 5.34. The van der Waals surface area contributed by atoms with Crippen LogP contribution in [0.1, 0.15) is 38.3 Å². The van der Waals surface area contributed by atoms with Crippen LogP contribution in [0.4, 0.5) is 0 Å². The molecule has 1 aromatic carbocycles. The molecule has 0 aliphatic heterocycles. The smallest absolute Gasteiger partial charge is 0.120 e. The van der Waals surface area contributed by atoms with E-state index in [2.05, 4.69) is 12.2 Å². The number of aromatic hydroxyl groups is 1. The summed E-state index contributed by atoms with van der Waals surface area (Å²) in [5.74, 6) is 0.299. The molecule has 1 aromatic rings. The molecule has 1 rings (SSSR count). The fraction of sp³-hybridized carbons (Fsp3) is 0.538. The van der Waals surface area contributed by atoms with E-state index in [1.165, 1.54) is 0 Å². The Kier molecular flexibility index (Phi) is 5.29. The Morgan fingerprint density at radius 3 is 2.62 bits per heavy atom. The maximum absolute atomic E-state index is 9.65. The molecule has 0 aromatic heterocycles. The minimum Gasteiger partial charge on any atom is -0.508 e. The maximum Gasteiger partial charge on any atom is 0.120 e. The van der Waals surface area contributed by atoms with Crippen molar-refractivity contribution in [2.75, 3.05) is 6.54 Å². The second-order valence-corrected chi connectivity index (χ2v) is 4.13. The van der Waals surface area contributed by atoms with Crippen LogP contribution in [0.3, 0.4) is 0 Å². The van der Waals surface area contributed by atoms with Gasteiger partial charge < -0.3 is 15.5 Å². The zero-order chi connectivity index (χ0) is 12.0. The van der Waals surface area contributed by atoms with Crippen LogP contribution in [0.25, 0.3) is 0 Å². The summed E-state index contributed by atoms with van der Waals surface area (Å²) in [6, 6.07) is 7.32. The van der Waals surface area contributed by atoms with Crippen LogP contribution in [-0.2, 0) is 0 Å². The molecule has 0 amide bonds. The van der Waals surface area contributed by atoms with Gasteiger partial charge in [-0.25, -0.2) is 0 Å². The van der Waals surface area contributed by atoms with E-state index in [0.29, 0.717) is 12.3 Å². The second kappa shape index (κ2) is 6.51. The molecular formula is C13H21NO2. The SMILES string of the molecule is CCCC(O)CNC(C)c1ccccc1O. The molecule has 0 saturated heterocycles. The van der Waals surface area contributed by atoms with Gasteiger partial charge in [0.05, 0.1) is 6.10 Å². The number of hydrogen-bond donors (Lipinski definition) is 3. The predicted octanol–water partition coefficient (Wildman–Crippen LogP) is 2.20. The molecule has 0 saturated carbocycles. The summed E-state index contributed by atoms with van der Waals surface area (Å²) in [4.78, 5) is 0. The van der Waals surface area contributed by atoms with E-state index in [1.807, 2.05) is 19.1 Å². The molecule has 0 aliphatic rings. The van der Waals surface area contributed by atoms with E-state index in [9.17, 15) is 10.2 Å². The van der Waals surface area contributed by atoms with Gasteiger partial charge in [-0.3, -0.25) is 0 Å². The van der Waals surface area contributed by atoms with Gasteiger partial charge in [-0.15, -0.1) is 0 Å². The van der Waals surface area contributed by atoms with Gasteiger partial charge in [-0.05, 0) is 19.4 Å². The third-order valence-corrected chi connectivity index (χ3v) is 2.68. The molecule has 90 valence electrons. The van der Waals surface area contributed by atoms with Crippen LogP contribution in [0, 0.1) is 0 Å². The van der Waals surface area contributed by atoms with Crippen LogP contribution >= 0.6 is 0 Å². The summed E-state index contributed by atoms with van der Waals surface area (Å²) in [6.07, 6.45) is 1.48. The summed E-state index contributed by atoms with van der Waals surface area (Å²) in [5.41, 5.74) is 0.867.